The molecule has 1 spiro atoms. The quantitative estimate of drug-likeness (QED) is 0.700. The lowest BCUT2D eigenvalue weighted by Crippen LogP contribution is -2.48. The molecule has 2 aliphatic heterocycles. The fraction of sp³-hybridized carbons (Fsp3) is 0.300. The van der Waals surface area contributed by atoms with Crippen molar-refractivity contribution in [2.24, 2.45) is 0 Å². The third-order valence-electron chi connectivity index (χ3n) is 5.07. The van der Waals surface area contributed by atoms with Crippen molar-refractivity contribution in [3.8, 4) is 5.75 Å². The molecule has 26 heavy (non-hydrogen) atoms. The molecule has 2 aromatic carbocycles. The minimum atomic E-state index is -0.743. The van der Waals surface area contributed by atoms with Crippen LogP contribution in [-0.4, -0.2) is 37.0 Å². The molecule has 2 heterocycles. The number of halogens is 1. The van der Waals surface area contributed by atoms with Crippen molar-refractivity contribution in [3.63, 3.8) is 0 Å². The van der Waals surface area contributed by atoms with Crippen LogP contribution in [0.25, 0.3) is 0 Å². The van der Waals surface area contributed by atoms with E-state index in [4.69, 9.17) is 9.47 Å². The Labute approximate surface area is 160 Å². The van der Waals surface area contributed by atoms with Gasteiger partial charge in [0.15, 0.2) is 5.60 Å². The summed E-state index contributed by atoms with van der Waals surface area (Å²) in [6.45, 7) is 0.988. The second-order valence-electron chi connectivity index (χ2n) is 6.61. The van der Waals surface area contributed by atoms with Crippen LogP contribution in [0.5, 0.6) is 5.75 Å². The van der Waals surface area contributed by atoms with Crippen molar-refractivity contribution in [3.05, 3.63) is 63.6 Å². The highest BCUT2D eigenvalue weighted by Crippen LogP contribution is 2.43. The van der Waals surface area contributed by atoms with Gasteiger partial charge in [0.25, 0.3) is 5.91 Å². The number of hydrogen-bond acceptors (Lipinski definition) is 4. The first-order valence-electron chi connectivity index (χ1n) is 8.50. The number of ether oxygens (including phenoxy) is 2. The summed E-state index contributed by atoms with van der Waals surface area (Å²) >= 11 is 3.45. The van der Waals surface area contributed by atoms with Crippen LogP contribution in [0, 0.1) is 0 Å². The van der Waals surface area contributed by atoms with E-state index in [9.17, 15) is 9.59 Å². The minimum Gasteiger partial charge on any atom is -0.497 e. The molecule has 6 heteroatoms. The Bertz CT molecular complexity index is 897. The Hall–Kier alpha value is -2.34. The fourth-order valence-electron chi connectivity index (χ4n) is 3.81. The smallest absolute Gasteiger partial charge is 0.339 e. The van der Waals surface area contributed by atoms with Crippen LogP contribution in [0.1, 0.15) is 39.1 Å². The average molecular weight is 416 g/mol. The Morgan fingerprint density at radius 2 is 2.08 bits per heavy atom. The molecule has 0 aliphatic carbocycles. The molecular weight excluding hydrogens is 398 g/mol. The van der Waals surface area contributed by atoms with Crippen LogP contribution in [0.3, 0.4) is 0 Å². The molecular formula is C20H18BrNO4. The van der Waals surface area contributed by atoms with E-state index < -0.39 is 5.60 Å². The van der Waals surface area contributed by atoms with Crippen LogP contribution in [0.2, 0.25) is 0 Å². The summed E-state index contributed by atoms with van der Waals surface area (Å²) in [5.41, 5.74) is 1.28. The number of rotatable bonds is 2. The molecule has 2 aliphatic rings. The number of amides is 1. The van der Waals surface area contributed by atoms with Gasteiger partial charge >= 0.3 is 5.97 Å². The monoisotopic (exact) mass is 415 g/mol. The Morgan fingerprint density at radius 1 is 1.27 bits per heavy atom. The van der Waals surface area contributed by atoms with E-state index in [1.807, 2.05) is 18.2 Å². The minimum absolute atomic E-state index is 0.102. The van der Waals surface area contributed by atoms with Gasteiger partial charge in [0.05, 0.1) is 24.8 Å². The third-order valence-corrected chi connectivity index (χ3v) is 5.76. The molecule has 1 amide bonds. The van der Waals surface area contributed by atoms with Gasteiger partial charge in [-0.25, -0.2) is 4.79 Å². The van der Waals surface area contributed by atoms with E-state index in [2.05, 4.69) is 15.9 Å². The molecule has 0 aromatic heterocycles. The van der Waals surface area contributed by atoms with Crippen LogP contribution >= 0.6 is 15.9 Å². The highest BCUT2D eigenvalue weighted by Gasteiger charge is 2.48. The molecule has 1 unspecified atom stereocenters. The normalized spacial score (nSPS) is 21.5. The number of methoxy groups -OCH3 is 1. The number of esters is 1. The molecule has 4 rings (SSSR count). The van der Waals surface area contributed by atoms with E-state index in [1.54, 1.807) is 36.3 Å². The number of fused-ring (bicyclic) bond motifs is 2. The maximum Gasteiger partial charge on any atom is 0.339 e. The molecule has 0 bridgehead atoms. The number of hydrogen-bond donors (Lipinski definition) is 0. The van der Waals surface area contributed by atoms with Crippen LogP contribution in [0.15, 0.2) is 46.9 Å². The molecule has 1 saturated heterocycles. The van der Waals surface area contributed by atoms with Crippen molar-refractivity contribution in [2.75, 3.05) is 20.2 Å². The number of piperidine rings is 1. The standard InChI is InChI=1S/C20H18BrNO4/c1-25-13-7-8-17(21)15(11-13)18(23)22-10-4-9-20(12-22)16-6-3-2-5-14(16)19(24)26-20/h2-3,5-8,11H,4,9-10,12H2,1H3. The first-order valence-corrected chi connectivity index (χ1v) is 9.29. The maximum atomic E-state index is 13.1. The van der Waals surface area contributed by atoms with Gasteiger partial charge in [-0.3, -0.25) is 4.79 Å². The second kappa shape index (κ2) is 6.43. The SMILES string of the molecule is COc1ccc(Br)c(C(=O)N2CCCC3(C2)OC(=O)c2ccccc23)c1. The zero-order valence-electron chi connectivity index (χ0n) is 14.3. The first-order chi connectivity index (χ1) is 12.5. The Morgan fingerprint density at radius 3 is 2.88 bits per heavy atom. The maximum absolute atomic E-state index is 13.1. The summed E-state index contributed by atoms with van der Waals surface area (Å²) in [5.74, 6) is 0.216. The summed E-state index contributed by atoms with van der Waals surface area (Å²) in [4.78, 5) is 27.2. The molecule has 2 aromatic rings. The van der Waals surface area contributed by atoms with Gasteiger partial charge in [-0.15, -0.1) is 0 Å². The van der Waals surface area contributed by atoms with E-state index in [-0.39, 0.29) is 11.9 Å². The third kappa shape index (κ3) is 2.69. The van der Waals surface area contributed by atoms with Crippen molar-refractivity contribution >= 4 is 27.8 Å². The highest BCUT2D eigenvalue weighted by atomic mass is 79.9. The van der Waals surface area contributed by atoms with Gasteiger partial charge in [-0.1, -0.05) is 18.2 Å². The van der Waals surface area contributed by atoms with Gasteiger partial charge in [-0.2, -0.15) is 0 Å². The molecule has 0 saturated carbocycles. The number of carbonyl (C=O) groups is 2. The van der Waals surface area contributed by atoms with Crippen molar-refractivity contribution in [1.82, 2.24) is 4.90 Å². The molecule has 5 nitrogen and oxygen atoms in total. The van der Waals surface area contributed by atoms with Crippen molar-refractivity contribution < 1.29 is 19.1 Å². The van der Waals surface area contributed by atoms with Gasteiger partial charge in [0.2, 0.25) is 0 Å². The highest BCUT2D eigenvalue weighted by molar-refractivity contribution is 9.10. The van der Waals surface area contributed by atoms with Crippen LogP contribution < -0.4 is 4.74 Å². The van der Waals surface area contributed by atoms with Crippen molar-refractivity contribution in [2.45, 2.75) is 18.4 Å². The van der Waals surface area contributed by atoms with Gasteiger partial charge < -0.3 is 14.4 Å². The predicted molar refractivity (Wildman–Crippen MR) is 99.4 cm³/mol. The van der Waals surface area contributed by atoms with Gasteiger partial charge in [0, 0.05) is 16.6 Å². The molecule has 1 fully saturated rings. The summed E-state index contributed by atoms with van der Waals surface area (Å²) in [6, 6.07) is 12.8. The van der Waals surface area contributed by atoms with Crippen molar-refractivity contribution in [1.29, 1.82) is 0 Å². The van der Waals surface area contributed by atoms with E-state index in [0.717, 1.165) is 18.4 Å². The summed E-state index contributed by atoms with van der Waals surface area (Å²) in [6.07, 6.45) is 1.49. The topological polar surface area (TPSA) is 55.8 Å². The summed E-state index contributed by atoms with van der Waals surface area (Å²) < 4.78 is 11.7. The predicted octanol–water partition coefficient (Wildman–Crippen LogP) is 3.76. The number of benzene rings is 2. The second-order valence-corrected chi connectivity index (χ2v) is 7.46. The zero-order valence-corrected chi connectivity index (χ0v) is 15.9. The Balaban J connectivity index is 1.66. The van der Waals surface area contributed by atoms with Crippen LogP contribution in [-0.2, 0) is 10.3 Å². The molecule has 0 radical (unpaired) electrons. The largest absolute Gasteiger partial charge is 0.497 e. The fourth-order valence-corrected chi connectivity index (χ4v) is 4.23. The number of carbonyl (C=O) groups excluding carboxylic acids is 2. The zero-order chi connectivity index (χ0) is 18.3. The van der Waals surface area contributed by atoms with E-state index in [0.29, 0.717) is 34.4 Å². The lowest BCUT2D eigenvalue weighted by atomic mass is 9.85. The van der Waals surface area contributed by atoms with Gasteiger partial charge in [0.1, 0.15) is 5.75 Å². The van der Waals surface area contributed by atoms with Gasteiger partial charge in [-0.05, 0) is 53.0 Å². The van der Waals surface area contributed by atoms with E-state index in [1.165, 1.54) is 0 Å². The lowest BCUT2D eigenvalue weighted by Gasteiger charge is -2.39. The summed E-state index contributed by atoms with van der Waals surface area (Å²) in [5, 5.41) is 0. The molecule has 1 atom stereocenters. The van der Waals surface area contributed by atoms with Crippen LogP contribution in [0.4, 0.5) is 0 Å². The number of likely N-dealkylation sites (tertiary alicyclic amines) is 1. The first kappa shape index (κ1) is 17.1. The van der Waals surface area contributed by atoms with E-state index >= 15 is 0 Å². The lowest BCUT2D eigenvalue weighted by molar-refractivity contribution is -0.0442. The molecule has 0 N–H and O–H groups in total. The summed E-state index contributed by atoms with van der Waals surface area (Å²) in [7, 11) is 1.57. The Kier molecular flexibility index (Phi) is 4.23. The number of nitrogens with zero attached hydrogens (tertiary/aromatic N) is 1. The molecule has 134 valence electrons. The average Bonchev–Trinajstić information content (AvgIpc) is 2.93.